The maximum Gasteiger partial charge on any atom is 0.282 e. The third-order valence-corrected chi connectivity index (χ3v) is 6.99. The van der Waals surface area contributed by atoms with Crippen LogP contribution in [-0.2, 0) is 10.2 Å². The Morgan fingerprint density at radius 3 is 2.40 bits per heavy atom. The molecule has 0 saturated carbocycles. The van der Waals surface area contributed by atoms with Crippen molar-refractivity contribution in [3.05, 3.63) is 0 Å². The Morgan fingerprint density at radius 2 is 1.80 bits per heavy atom. The Kier molecular flexibility index (Phi) is 5.71. The Labute approximate surface area is 128 Å². The summed E-state index contributed by atoms with van der Waals surface area (Å²) in [6.45, 7) is 5.62. The van der Waals surface area contributed by atoms with Crippen molar-refractivity contribution in [1.82, 2.24) is 13.5 Å². The standard InChI is InChI=1S/C13H26ClN3O2S/c1-12-11-15(2)6-3-7-17(12)20(18,19)16-8-4-13(10-14)5-9-16/h12-13H,3-11H2,1-2H3. The minimum Gasteiger partial charge on any atom is -0.305 e. The molecule has 0 spiro atoms. The Hall–Kier alpha value is 0.120. The molecule has 2 heterocycles. The number of halogens is 1. The highest BCUT2D eigenvalue weighted by Crippen LogP contribution is 2.24. The lowest BCUT2D eigenvalue weighted by Gasteiger charge is -2.36. The lowest BCUT2D eigenvalue weighted by atomic mass is 10.0. The molecule has 20 heavy (non-hydrogen) atoms. The second-order valence-electron chi connectivity index (χ2n) is 6.08. The van der Waals surface area contributed by atoms with Crippen molar-refractivity contribution in [2.24, 2.45) is 5.92 Å². The smallest absolute Gasteiger partial charge is 0.282 e. The second-order valence-corrected chi connectivity index (χ2v) is 8.27. The van der Waals surface area contributed by atoms with Crippen molar-refractivity contribution < 1.29 is 8.42 Å². The van der Waals surface area contributed by atoms with E-state index in [1.807, 2.05) is 6.92 Å². The fourth-order valence-electron chi connectivity index (χ4n) is 3.14. The lowest BCUT2D eigenvalue weighted by molar-refractivity contribution is 0.243. The molecule has 1 unspecified atom stereocenters. The van der Waals surface area contributed by atoms with E-state index in [4.69, 9.17) is 11.6 Å². The van der Waals surface area contributed by atoms with Gasteiger partial charge >= 0.3 is 0 Å². The van der Waals surface area contributed by atoms with E-state index >= 15 is 0 Å². The zero-order chi connectivity index (χ0) is 14.8. The lowest BCUT2D eigenvalue weighted by Crippen LogP contribution is -2.51. The molecule has 2 rings (SSSR count). The first kappa shape index (κ1) is 16.5. The predicted molar refractivity (Wildman–Crippen MR) is 82.2 cm³/mol. The van der Waals surface area contributed by atoms with Crippen LogP contribution in [0.25, 0.3) is 0 Å². The van der Waals surface area contributed by atoms with Gasteiger partial charge in [0.2, 0.25) is 0 Å². The zero-order valence-electron chi connectivity index (χ0n) is 12.5. The molecule has 5 nitrogen and oxygen atoms in total. The van der Waals surface area contributed by atoms with Gasteiger partial charge in [-0.3, -0.25) is 0 Å². The Bertz CT molecular complexity index is 410. The van der Waals surface area contributed by atoms with Crippen molar-refractivity contribution in [2.45, 2.75) is 32.2 Å². The minimum absolute atomic E-state index is 0.0400. The monoisotopic (exact) mass is 323 g/mol. The SMILES string of the molecule is CC1CN(C)CCCN1S(=O)(=O)N1CCC(CCl)CC1. The van der Waals surface area contributed by atoms with E-state index in [1.54, 1.807) is 8.61 Å². The molecule has 0 N–H and O–H groups in total. The minimum atomic E-state index is -3.32. The third-order valence-electron chi connectivity index (χ3n) is 4.40. The molecule has 0 aromatic carbocycles. The highest BCUT2D eigenvalue weighted by molar-refractivity contribution is 7.86. The molecule has 0 aliphatic carbocycles. The van der Waals surface area contributed by atoms with Crippen LogP contribution < -0.4 is 0 Å². The number of alkyl halides is 1. The number of rotatable bonds is 3. The van der Waals surface area contributed by atoms with Crippen LogP contribution in [0.1, 0.15) is 26.2 Å². The van der Waals surface area contributed by atoms with E-state index in [0.717, 1.165) is 32.4 Å². The van der Waals surface area contributed by atoms with E-state index in [0.29, 0.717) is 31.4 Å². The maximum absolute atomic E-state index is 12.8. The molecular weight excluding hydrogens is 298 g/mol. The summed E-state index contributed by atoms with van der Waals surface area (Å²) < 4.78 is 29.0. The van der Waals surface area contributed by atoms with E-state index in [-0.39, 0.29) is 6.04 Å². The van der Waals surface area contributed by atoms with Gasteiger partial charge in [-0.05, 0) is 45.7 Å². The predicted octanol–water partition coefficient (Wildman–Crippen LogP) is 1.21. The first-order valence-corrected chi connectivity index (χ1v) is 9.39. The molecule has 2 aliphatic heterocycles. The normalized spacial score (nSPS) is 29.4. The van der Waals surface area contributed by atoms with E-state index < -0.39 is 10.2 Å². The van der Waals surface area contributed by atoms with Gasteiger partial charge in [0.15, 0.2) is 0 Å². The van der Waals surface area contributed by atoms with E-state index in [9.17, 15) is 8.42 Å². The molecule has 2 aliphatic rings. The number of likely N-dealkylation sites (N-methyl/N-ethyl adjacent to an activating group) is 1. The number of hydrogen-bond acceptors (Lipinski definition) is 3. The van der Waals surface area contributed by atoms with Gasteiger partial charge in [-0.1, -0.05) is 0 Å². The molecule has 1 atom stereocenters. The average Bonchev–Trinajstić information content (AvgIpc) is 2.59. The highest BCUT2D eigenvalue weighted by Gasteiger charge is 2.36. The van der Waals surface area contributed by atoms with Gasteiger partial charge in [0, 0.05) is 38.1 Å². The zero-order valence-corrected chi connectivity index (χ0v) is 14.0. The first-order chi connectivity index (χ1) is 9.45. The Morgan fingerprint density at radius 1 is 1.15 bits per heavy atom. The summed E-state index contributed by atoms with van der Waals surface area (Å²) in [6, 6.07) is 0.0400. The fourth-order valence-corrected chi connectivity index (χ4v) is 5.29. The molecular formula is C13H26ClN3O2S. The molecule has 0 aromatic rings. The van der Waals surface area contributed by atoms with Crippen LogP contribution in [0.2, 0.25) is 0 Å². The molecule has 2 fully saturated rings. The molecule has 2 saturated heterocycles. The summed E-state index contributed by atoms with van der Waals surface area (Å²) in [5.74, 6) is 1.11. The van der Waals surface area contributed by atoms with Crippen molar-refractivity contribution >= 4 is 21.8 Å². The van der Waals surface area contributed by atoms with Crippen molar-refractivity contribution in [2.75, 3.05) is 45.7 Å². The molecule has 0 amide bonds. The van der Waals surface area contributed by atoms with Gasteiger partial charge in [0.25, 0.3) is 10.2 Å². The molecule has 0 aromatic heterocycles. The fraction of sp³-hybridized carbons (Fsp3) is 1.00. The van der Waals surface area contributed by atoms with Crippen LogP contribution >= 0.6 is 11.6 Å². The third kappa shape index (κ3) is 3.65. The molecule has 118 valence electrons. The average molecular weight is 324 g/mol. The molecule has 7 heteroatoms. The Balaban J connectivity index is 2.05. The van der Waals surface area contributed by atoms with Crippen LogP contribution in [0.15, 0.2) is 0 Å². The van der Waals surface area contributed by atoms with Crippen molar-refractivity contribution in [3.8, 4) is 0 Å². The van der Waals surface area contributed by atoms with Crippen molar-refractivity contribution in [3.63, 3.8) is 0 Å². The topological polar surface area (TPSA) is 43.9 Å². The van der Waals surface area contributed by atoms with Gasteiger partial charge in [0.05, 0.1) is 0 Å². The van der Waals surface area contributed by atoms with Gasteiger partial charge in [-0.25, -0.2) is 0 Å². The van der Waals surface area contributed by atoms with Gasteiger partial charge < -0.3 is 4.90 Å². The van der Waals surface area contributed by atoms with Crippen LogP contribution in [0.3, 0.4) is 0 Å². The van der Waals surface area contributed by atoms with Crippen LogP contribution in [0.4, 0.5) is 0 Å². The van der Waals surface area contributed by atoms with E-state index in [2.05, 4.69) is 11.9 Å². The number of hydrogen-bond donors (Lipinski definition) is 0. The largest absolute Gasteiger partial charge is 0.305 e. The summed E-state index contributed by atoms with van der Waals surface area (Å²) in [7, 11) is -1.26. The quantitative estimate of drug-likeness (QED) is 0.733. The summed E-state index contributed by atoms with van der Waals surface area (Å²) >= 11 is 5.87. The summed E-state index contributed by atoms with van der Waals surface area (Å²) in [5.41, 5.74) is 0. The number of nitrogens with zero attached hydrogens (tertiary/aromatic N) is 3. The molecule has 0 radical (unpaired) electrons. The van der Waals surface area contributed by atoms with Crippen molar-refractivity contribution in [1.29, 1.82) is 0 Å². The second kappa shape index (κ2) is 6.92. The van der Waals surface area contributed by atoms with Crippen LogP contribution in [-0.4, -0.2) is 73.6 Å². The van der Waals surface area contributed by atoms with E-state index in [1.165, 1.54) is 0 Å². The van der Waals surface area contributed by atoms with Gasteiger partial charge in [-0.15, -0.1) is 11.6 Å². The summed E-state index contributed by atoms with van der Waals surface area (Å²) in [4.78, 5) is 2.21. The van der Waals surface area contributed by atoms with Gasteiger partial charge in [0.1, 0.15) is 0 Å². The summed E-state index contributed by atoms with van der Waals surface area (Å²) in [5, 5.41) is 0. The van der Waals surface area contributed by atoms with Crippen LogP contribution in [0, 0.1) is 5.92 Å². The summed E-state index contributed by atoms with van der Waals surface area (Å²) in [6.07, 6.45) is 2.66. The van der Waals surface area contributed by atoms with Crippen LogP contribution in [0.5, 0.6) is 0 Å². The maximum atomic E-state index is 12.8. The van der Waals surface area contributed by atoms with Gasteiger partial charge in [-0.2, -0.15) is 17.0 Å². The first-order valence-electron chi connectivity index (χ1n) is 7.46. The number of piperidine rings is 1. The molecule has 0 bridgehead atoms. The highest BCUT2D eigenvalue weighted by atomic mass is 35.5.